The van der Waals surface area contributed by atoms with Gasteiger partial charge in [-0.15, -0.1) is 0 Å². The van der Waals surface area contributed by atoms with Crippen LogP contribution in [0.3, 0.4) is 0 Å². The third-order valence-electron chi connectivity index (χ3n) is 2.72. The Morgan fingerprint density at radius 1 is 1.30 bits per heavy atom. The predicted octanol–water partition coefficient (Wildman–Crippen LogP) is 2.23. The summed E-state index contributed by atoms with van der Waals surface area (Å²) in [7, 11) is 0. The van der Waals surface area contributed by atoms with Crippen LogP contribution in [0.1, 0.15) is 36.7 Å². The molecule has 110 valence electrons. The minimum atomic E-state index is -1.07. The monoisotopic (exact) mass is 279 g/mol. The molecule has 0 aromatic heterocycles. The molecule has 0 aliphatic carbocycles. The fourth-order valence-electron chi connectivity index (χ4n) is 1.61. The number of carboxylic acids is 1. The predicted molar refractivity (Wildman–Crippen MR) is 76.1 cm³/mol. The molecule has 0 saturated heterocycles. The summed E-state index contributed by atoms with van der Waals surface area (Å²) in [4.78, 5) is 23.0. The van der Waals surface area contributed by atoms with Gasteiger partial charge in [-0.1, -0.05) is 25.5 Å². The molecule has 1 atom stereocenters. The molecule has 1 aromatic carbocycles. The highest BCUT2D eigenvalue weighted by Crippen LogP contribution is 2.21. The Labute approximate surface area is 118 Å². The molecule has 1 amide bonds. The van der Waals surface area contributed by atoms with E-state index in [9.17, 15) is 9.59 Å². The first kappa shape index (κ1) is 16.0. The van der Waals surface area contributed by atoms with Crippen LogP contribution in [0.5, 0.6) is 5.75 Å². The summed E-state index contributed by atoms with van der Waals surface area (Å²) >= 11 is 0. The van der Waals surface area contributed by atoms with Gasteiger partial charge in [-0.2, -0.15) is 0 Å². The summed E-state index contributed by atoms with van der Waals surface area (Å²) in [5.74, 6) is -0.774. The molecule has 5 heteroatoms. The molecule has 0 spiro atoms. The molecule has 2 N–H and O–H groups in total. The van der Waals surface area contributed by atoms with Gasteiger partial charge in [0.05, 0.1) is 0 Å². The molecule has 0 aliphatic rings. The van der Waals surface area contributed by atoms with Crippen LogP contribution in [0.15, 0.2) is 18.2 Å². The number of hydrogen-bond acceptors (Lipinski definition) is 3. The van der Waals surface area contributed by atoms with Crippen LogP contribution >= 0.6 is 0 Å². The number of rotatable bonds is 6. The maximum Gasteiger partial charge on any atom is 0.339 e. The molecule has 0 aliphatic heterocycles. The summed E-state index contributed by atoms with van der Waals surface area (Å²) in [6.45, 7) is 7.95. The van der Waals surface area contributed by atoms with Gasteiger partial charge < -0.3 is 15.2 Å². The maximum atomic E-state index is 11.8. The second kappa shape index (κ2) is 6.93. The van der Waals surface area contributed by atoms with E-state index in [1.165, 1.54) is 6.07 Å². The first-order valence-corrected chi connectivity index (χ1v) is 6.59. The van der Waals surface area contributed by atoms with Crippen LogP contribution < -0.4 is 10.1 Å². The topological polar surface area (TPSA) is 75.6 Å². The molecule has 20 heavy (non-hydrogen) atoms. The van der Waals surface area contributed by atoms with Crippen molar-refractivity contribution < 1.29 is 19.4 Å². The van der Waals surface area contributed by atoms with Crippen LogP contribution in [0, 0.1) is 12.8 Å². The summed E-state index contributed by atoms with van der Waals surface area (Å²) in [6.07, 6.45) is -0.741. The van der Waals surface area contributed by atoms with E-state index in [4.69, 9.17) is 9.84 Å². The number of benzene rings is 1. The van der Waals surface area contributed by atoms with Crippen molar-refractivity contribution in [1.82, 2.24) is 5.32 Å². The van der Waals surface area contributed by atoms with Gasteiger partial charge in [0.15, 0.2) is 6.10 Å². The number of ether oxygens (including phenoxy) is 1. The molecule has 0 heterocycles. The molecule has 0 radical (unpaired) electrons. The zero-order chi connectivity index (χ0) is 15.3. The third-order valence-corrected chi connectivity index (χ3v) is 2.72. The summed E-state index contributed by atoms with van der Waals surface area (Å²) in [6, 6.07) is 4.85. The second-order valence-corrected chi connectivity index (χ2v) is 5.20. The number of hydrogen-bond donors (Lipinski definition) is 2. The average molecular weight is 279 g/mol. The molecule has 5 nitrogen and oxygen atoms in total. The second-order valence-electron chi connectivity index (χ2n) is 5.20. The number of carbonyl (C=O) groups is 2. The van der Waals surface area contributed by atoms with Crippen molar-refractivity contribution >= 4 is 11.9 Å². The normalized spacial score (nSPS) is 12.1. The van der Waals surface area contributed by atoms with Crippen molar-refractivity contribution in [2.24, 2.45) is 5.92 Å². The SMILES string of the molecule is Cc1ccc(OC(C)C(=O)NCC(C)C)c(C(=O)O)c1. The fourth-order valence-corrected chi connectivity index (χ4v) is 1.61. The van der Waals surface area contributed by atoms with Gasteiger partial charge in [-0.25, -0.2) is 4.79 Å². The molecule has 0 saturated carbocycles. The third kappa shape index (κ3) is 4.57. The van der Waals surface area contributed by atoms with Crippen LogP contribution in [0.2, 0.25) is 0 Å². The van der Waals surface area contributed by atoms with Crippen molar-refractivity contribution in [2.45, 2.75) is 33.8 Å². The highest BCUT2D eigenvalue weighted by Gasteiger charge is 2.18. The van der Waals surface area contributed by atoms with Crippen molar-refractivity contribution in [3.63, 3.8) is 0 Å². The van der Waals surface area contributed by atoms with Gasteiger partial charge in [-0.05, 0) is 31.9 Å². The lowest BCUT2D eigenvalue weighted by Crippen LogP contribution is -2.38. The Morgan fingerprint density at radius 3 is 2.50 bits per heavy atom. The number of carbonyl (C=O) groups excluding carboxylic acids is 1. The zero-order valence-corrected chi connectivity index (χ0v) is 12.3. The van der Waals surface area contributed by atoms with Gasteiger partial charge in [0, 0.05) is 6.54 Å². The Balaban J connectivity index is 2.77. The lowest BCUT2D eigenvalue weighted by atomic mass is 10.1. The lowest BCUT2D eigenvalue weighted by Gasteiger charge is -2.17. The van der Waals surface area contributed by atoms with E-state index in [0.717, 1.165) is 5.56 Å². The number of carboxylic acid groups (broad SMARTS) is 1. The van der Waals surface area contributed by atoms with E-state index >= 15 is 0 Å². The zero-order valence-electron chi connectivity index (χ0n) is 12.3. The van der Waals surface area contributed by atoms with E-state index in [1.54, 1.807) is 26.0 Å². The average Bonchev–Trinajstić information content (AvgIpc) is 2.37. The maximum absolute atomic E-state index is 11.8. The van der Waals surface area contributed by atoms with Crippen molar-refractivity contribution in [2.75, 3.05) is 6.54 Å². The minimum Gasteiger partial charge on any atom is -0.480 e. The van der Waals surface area contributed by atoms with Crippen molar-refractivity contribution in [1.29, 1.82) is 0 Å². The van der Waals surface area contributed by atoms with Crippen LogP contribution in [-0.4, -0.2) is 29.6 Å². The number of aromatic carboxylic acids is 1. The van der Waals surface area contributed by atoms with Gasteiger partial charge in [0.25, 0.3) is 5.91 Å². The van der Waals surface area contributed by atoms with Crippen molar-refractivity contribution in [3.05, 3.63) is 29.3 Å². The lowest BCUT2D eigenvalue weighted by molar-refractivity contribution is -0.127. The highest BCUT2D eigenvalue weighted by molar-refractivity contribution is 5.91. The minimum absolute atomic E-state index is 0.0634. The van der Waals surface area contributed by atoms with Gasteiger partial charge in [0.2, 0.25) is 0 Å². The molecule has 1 unspecified atom stereocenters. The van der Waals surface area contributed by atoms with Gasteiger partial charge >= 0.3 is 5.97 Å². The van der Waals surface area contributed by atoms with Crippen LogP contribution in [0.25, 0.3) is 0 Å². The number of aryl methyl sites for hydroxylation is 1. The molecule has 1 aromatic rings. The Hall–Kier alpha value is -2.04. The quantitative estimate of drug-likeness (QED) is 0.837. The van der Waals surface area contributed by atoms with E-state index in [1.807, 2.05) is 13.8 Å². The summed E-state index contributed by atoms with van der Waals surface area (Å²) < 4.78 is 5.46. The van der Waals surface area contributed by atoms with Crippen LogP contribution in [0.4, 0.5) is 0 Å². The number of nitrogens with one attached hydrogen (secondary N) is 1. The highest BCUT2D eigenvalue weighted by atomic mass is 16.5. The van der Waals surface area contributed by atoms with E-state index in [2.05, 4.69) is 5.32 Å². The van der Waals surface area contributed by atoms with E-state index in [-0.39, 0.29) is 17.2 Å². The molecule has 1 rings (SSSR count). The van der Waals surface area contributed by atoms with E-state index < -0.39 is 12.1 Å². The molecule has 0 bridgehead atoms. The summed E-state index contributed by atoms with van der Waals surface area (Å²) in [5.41, 5.74) is 0.889. The first-order chi connectivity index (χ1) is 9.31. The van der Waals surface area contributed by atoms with E-state index in [0.29, 0.717) is 12.5 Å². The largest absolute Gasteiger partial charge is 0.480 e. The number of amides is 1. The van der Waals surface area contributed by atoms with Gasteiger partial charge in [0.1, 0.15) is 11.3 Å². The first-order valence-electron chi connectivity index (χ1n) is 6.59. The standard InChI is InChI=1S/C15H21NO4/c1-9(2)8-16-14(17)11(4)20-13-6-5-10(3)7-12(13)15(18)19/h5-7,9,11H,8H2,1-4H3,(H,16,17)(H,18,19). The molecular formula is C15H21NO4. The van der Waals surface area contributed by atoms with Crippen molar-refractivity contribution in [3.8, 4) is 5.75 Å². The molecular weight excluding hydrogens is 258 g/mol. The smallest absolute Gasteiger partial charge is 0.339 e. The van der Waals surface area contributed by atoms with Gasteiger partial charge in [-0.3, -0.25) is 4.79 Å². The Morgan fingerprint density at radius 2 is 1.95 bits per heavy atom. The Bertz CT molecular complexity index is 497. The van der Waals surface area contributed by atoms with Crippen LogP contribution in [-0.2, 0) is 4.79 Å². The summed E-state index contributed by atoms with van der Waals surface area (Å²) in [5, 5.41) is 11.9. The molecule has 0 fully saturated rings. The Kier molecular flexibility index (Phi) is 5.55. The fraction of sp³-hybridized carbons (Fsp3) is 0.467.